The normalized spacial score (nSPS) is 11.5. The van der Waals surface area contributed by atoms with E-state index in [2.05, 4.69) is 0 Å². The zero-order chi connectivity index (χ0) is 14.5. The monoisotopic (exact) mass is 328 g/mol. The predicted molar refractivity (Wildman–Crippen MR) is 72.7 cm³/mol. The Kier molecular flexibility index (Phi) is 4.65. The second-order valence-corrected chi connectivity index (χ2v) is 5.72. The fourth-order valence-electron chi connectivity index (χ4n) is 2.36. The van der Waals surface area contributed by atoms with Crippen molar-refractivity contribution >= 4 is 31.7 Å². The van der Waals surface area contributed by atoms with Crippen LogP contribution in [0.1, 0.15) is 0 Å². The molecule has 0 spiro atoms. The van der Waals surface area contributed by atoms with E-state index in [1.165, 1.54) is 18.2 Å². The first-order valence-corrected chi connectivity index (χ1v) is 7.13. The Hall–Kier alpha value is -0.674. The van der Waals surface area contributed by atoms with Gasteiger partial charge in [-0.25, -0.2) is 8.42 Å². The molecular weight excluding hydrogens is 319 g/mol. The van der Waals surface area contributed by atoms with E-state index in [9.17, 15) is 23.2 Å². The molecule has 7 heteroatoms. The van der Waals surface area contributed by atoms with Crippen LogP contribution in [0.5, 0.6) is 11.5 Å². The molecule has 0 amide bonds. The van der Waals surface area contributed by atoms with Crippen LogP contribution in [-0.4, -0.2) is 23.2 Å². The Labute approximate surface area is 163 Å². The maximum absolute atomic E-state index is 11.3. The van der Waals surface area contributed by atoms with Gasteiger partial charge in [0, 0.05) is 21.5 Å². The van der Waals surface area contributed by atoms with Crippen LogP contribution in [0.3, 0.4) is 0 Å². The van der Waals surface area contributed by atoms with Gasteiger partial charge in [-0.2, -0.15) is 0 Å². The Morgan fingerprint density at radius 1 is 0.810 bits per heavy atom. The summed E-state index contributed by atoms with van der Waals surface area (Å²) in [5.41, 5.74) is 0. The van der Waals surface area contributed by atoms with E-state index in [1.54, 1.807) is 18.2 Å². The molecule has 5 nitrogen and oxygen atoms in total. The summed E-state index contributed by atoms with van der Waals surface area (Å²) in [5.74, 6) is -0.498. The van der Waals surface area contributed by atoms with E-state index < -0.39 is 15.0 Å². The van der Waals surface area contributed by atoms with Gasteiger partial charge >= 0.3 is 51.4 Å². The number of rotatable bonds is 1. The van der Waals surface area contributed by atoms with Crippen LogP contribution < -0.4 is 51.4 Å². The second kappa shape index (κ2) is 5.84. The summed E-state index contributed by atoms with van der Waals surface area (Å²) in [5, 5.41) is 21.1. The van der Waals surface area contributed by atoms with Crippen molar-refractivity contribution in [1.82, 2.24) is 0 Å². The van der Waals surface area contributed by atoms with Crippen LogP contribution in [-0.2, 0) is 10.1 Å². The molecular formula is C14H9KO5S. The van der Waals surface area contributed by atoms with E-state index in [-0.39, 0.29) is 79.0 Å². The summed E-state index contributed by atoms with van der Waals surface area (Å²) < 4.78 is 33.9. The topological polar surface area (TPSA) is 97.7 Å². The molecule has 21 heavy (non-hydrogen) atoms. The first-order valence-electron chi connectivity index (χ1n) is 5.72. The van der Waals surface area contributed by atoms with Crippen molar-refractivity contribution in [3.05, 3.63) is 42.5 Å². The minimum atomic E-state index is -4.76. The minimum Gasteiger partial charge on any atom is -0.744 e. The Bertz CT molecular complexity index is 950. The summed E-state index contributed by atoms with van der Waals surface area (Å²) >= 11 is 0. The van der Waals surface area contributed by atoms with Crippen LogP contribution >= 0.6 is 0 Å². The SMILES string of the molecule is O=S(=O)([O-])c1cccc2c(O)c3ccccc3c(O)c12.[K+]. The fourth-order valence-corrected chi connectivity index (χ4v) is 3.06. The van der Waals surface area contributed by atoms with E-state index >= 15 is 0 Å². The van der Waals surface area contributed by atoms with Crippen molar-refractivity contribution in [3.63, 3.8) is 0 Å². The third-order valence-corrected chi connectivity index (χ3v) is 4.10. The van der Waals surface area contributed by atoms with Gasteiger partial charge in [0.2, 0.25) is 0 Å². The average Bonchev–Trinajstić information content (AvgIpc) is 2.43. The van der Waals surface area contributed by atoms with Crippen molar-refractivity contribution < 1.29 is 74.6 Å². The van der Waals surface area contributed by atoms with Crippen LogP contribution in [0.4, 0.5) is 0 Å². The Balaban J connectivity index is 0.00000161. The molecule has 0 saturated heterocycles. The van der Waals surface area contributed by atoms with E-state index in [0.29, 0.717) is 5.39 Å². The Morgan fingerprint density at radius 2 is 1.33 bits per heavy atom. The van der Waals surface area contributed by atoms with Crippen molar-refractivity contribution in [2.75, 3.05) is 0 Å². The molecule has 0 fully saturated rings. The van der Waals surface area contributed by atoms with Gasteiger partial charge in [0.25, 0.3) is 0 Å². The molecule has 102 valence electrons. The summed E-state index contributed by atoms with van der Waals surface area (Å²) in [7, 11) is -4.76. The van der Waals surface area contributed by atoms with Gasteiger partial charge in [-0.3, -0.25) is 0 Å². The van der Waals surface area contributed by atoms with Crippen LogP contribution in [0.15, 0.2) is 47.4 Å². The van der Waals surface area contributed by atoms with Gasteiger partial charge in [0.05, 0.1) is 4.90 Å². The minimum absolute atomic E-state index is 0. The molecule has 0 aromatic heterocycles. The number of hydrogen-bond donors (Lipinski definition) is 2. The zero-order valence-electron chi connectivity index (χ0n) is 11.1. The number of phenolic OH excluding ortho intramolecular Hbond substituents is 2. The van der Waals surface area contributed by atoms with Gasteiger partial charge in [-0.05, 0) is 6.07 Å². The van der Waals surface area contributed by atoms with Crippen molar-refractivity contribution in [1.29, 1.82) is 0 Å². The number of phenols is 2. The maximum atomic E-state index is 11.3. The van der Waals surface area contributed by atoms with Crippen LogP contribution in [0.25, 0.3) is 21.5 Å². The van der Waals surface area contributed by atoms with E-state index in [0.717, 1.165) is 6.07 Å². The molecule has 3 aromatic carbocycles. The summed E-state index contributed by atoms with van der Waals surface area (Å²) in [6.45, 7) is 0. The molecule has 0 atom stereocenters. The molecule has 0 saturated carbocycles. The van der Waals surface area contributed by atoms with Gasteiger partial charge < -0.3 is 14.8 Å². The van der Waals surface area contributed by atoms with Crippen LogP contribution in [0.2, 0.25) is 0 Å². The fraction of sp³-hybridized carbons (Fsp3) is 0. The van der Waals surface area contributed by atoms with Crippen molar-refractivity contribution in [2.45, 2.75) is 4.90 Å². The third-order valence-electron chi connectivity index (χ3n) is 3.22. The molecule has 0 unspecified atom stereocenters. The molecule has 3 rings (SSSR count). The first-order chi connectivity index (χ1) is 9.41. The molecule has 0 bridgehead atoms. The maximum Gasteiger partial charge on any atom is 1.00 e. The summed E-state index contributed by atoms with van der Waals surface area (Å²) in [6.07, 6.45) is 0. The molecule has 0 aliphatic rings. The van der Waals surface area contributed by atoms with Crippen molar-refractivity contribution in [2.24, 2.45) is 0 Å². The zero-order valence-corrected chi connectivity index (χ0v) is 15.0. The molecule has 3 aromatic rings. The average molecular weight is 328 g/mol. The number of hydrogen-bond acceptors (Lipinski definition) is 5. The molecule has 2 N–H and O–H groups in total. The van der Waals surface area contributed by atoms with Gasteiger partial charge in [-0.1, -0.05) is 36.4 Å². The summed E-state index contributed by atoms with van der Waals surface area (Å²) in [4.78, 5) is -0.548. The van der Waals surface area contributed by atoms with E-state index in [4.69, 9.17) is 0 Å². The number of benzene rings is 3. The molecule has 0 aliphatic carbocycles. The number of fused-ring (bicyclic) bond motifs is 2. The molecule has 0 aliphatic heterocycles. The van der Waals surface area contributed by atoms with Gasteiger partial charge in [0.1, 0.15) is 21.6 Å². The number of aromatic hydroxyl groups is 2. The molecule has 0 radical (unpaired) electrons. The summed E-state index contributed by atoms with van der Waals surface area (Å²) in [6, 6.07) is 10.4. The van der Waals surface area contributed by atoms with Gasteiger partial charge in [0.15, 0.2) is 0 Å². The standard InChI is InChI=1S/C14H10O5S.K/c15-13-8-4-1-2-5-9(8)14(16)12-10(13)6-3-7-11(12)20(17,18)19;/h1-7,15-16H,(H,17,18,19);/q;+1/p-1. The molecule has 0 heterocycles. The third kappa shape index (κ3) is 2.70. The Morgan fingerprint density at radius 3 is 1.90 bits per heavy atom. The van der Waals surface area contributed by atoms with Gasteiger partial charge in [-0.15, -0.1) is 0 Å². The predicted octanol–water partition coefficient (Wildman–Crippen LogP) is -0.688. The van der Waals surface area contributed by atoms with Crippen molar-refractivity contribution in [3.8, 4) is 11.5 Å². The quantitative estimate of drug-likeness (QED) is 0.267. The largest absolute Gasteiger partial charge is 1.00 e. The van der Waals surface area contributed by atoms with Crippen LogP contribution in [0, 0.1) is 0 Å². The van der Waals surface area contributed by atoms with E-state index in [1.807, 2.05) is 0 Å². The second-order valence-electron chi connectivity index (χ2n) is 4.38. The smallest absolute Gasteiger partial charge is 0.744 e. The first kappa shape index (κ1) is 16.7.